The van der Waals surface area contributed by atoms with Crippen LogP contribution in [0.1, 0.15) is 29.2 Å². The molecule has 2 atom stereocenters. The van der Waals surface area contributed by atoms with Crippen molar-refractivity contribution in [3.63, 3.8) is 0 Å². The summed E-state index contributed by atoms with van der Waals surface area (Å²) in [5, 5.41) is 11.0. The lowest BCUT2D eigenvalue weighted by molar-refractivity contribution is 0.159. The summed E-state index contributed by atoms with van der Waals surface area (Å²) < 4.78 is 20.9. The predicted molar refractivity (Wildman–Crippen MR) is 127 cm³/mol. The van der Waals surface area contributed by atoms with Gasteiger partial charge in [-0.05, 0) is 43.0 Å². The van der Waals surface area contributed by atoms with Crippen molar-refractivity contribution in [2.24, 2.45) is 0 Å². The van der Waals surface area contributed by atoms with E-state index >= 15 is 0 Å². The van der Waals surface area contributed by atoms with Crippen molar-refractivity contribution in [3.8, 4) is 5.69 Å². The average molecular weight is 465 g/mol. The molecule has 2 N–H and O–H groups in total. The number of amides is 2. The van der Waals surface area contributed by atoms with E-state index in [9.17, 15) is 9.18 Å². The van der Waals surface area contributed by atoms with Gasteiger partial charge in [0.25, 0.3) is 0 Å². The number of para-hydroxylation sites is 1. The first-order valence-corrected chi connectivity index (χ1v) is 11.7. The van der Waals surface area contributed by atoms with Crippen LogP contribution in [0.3, 0.4) is 0 Å². The largest absolute Gasteiger partial charge is 0.383 e. The standard InChI is InChI=1S/C25H29FN6O2/c1-34-11-10-31-15-21(17-12-18(26)14-27-13-17)23(16-31)28-25(33)29-24-20-8-5-9-22(20)30-32(24)19-6-3-2-4-7-19/h2-4,6-7,12-14,21,23H,5,8-11,15-16H2,1H3,(H2,28,29,33). The topological polar surface area (TPSA) is 84.3 Å². The lowest BCUT2D eigenvalue weighted by Gasteiger charge is -2.21. The number of rotatable bonds is 7. The molecule has 2 amide bonds. The number of anilines is 1. The fourth-order valence-corrected chi connectivity index (χ4v) is 4.99. The van der Waals surface area contributed by atoms with Gasteiger partial charge in [0.15, 0.2) is 0 Å². The SMILES string of the molecule is COCCN1CC(NC(=O)Nc2c3c(nn2-c2ccccc2)CCC3)C(c2cncc(F)c2)C1. The van der Waals surface area contributed by atoms with Gasteiger partial charge in [0.2, 0.25) is 0 Å². The van der Waals surface area contributed by atoms with Gasteiger partial charge in [-0.15, -0.1) is 0 Å². The van der Waals surface area contributed by atoms with E-state index in [4.69, 9.17) is 9.84 Å². The number of carbonyl (C=O) groups excluding carboxylic acids is 1. The highest BCUT2D eigenvalue weighted by atomic mass is 19.1. The van der Waals surface area contributed by atoms with E-state index in [1.54, 1.807) is 13.3 Å². The van der Waals surface area contributed by atoms with Gasteiger partial charge in [0, 0.05) is 44.4 Å². The van der Waals surface area contributed by atoms with Crippen LogP contribution in [0, 0.1) is 5.82 Å². The Morgan fingerprint density at radius 2 is 2.06 bits per heavy atom. The van der Waals surface area contributed by atoms with E-state index in [2.05, 4.69) is 20.5 Å². The average Bonchev–Trinajstić information content (AvgIpc) is 3.54. The van der Waals surface area contributed by atoms with E-state index in [-0.39, 0.29) is 23.8 Å². The van der Waals surface area contributed by atoms with Gasteiger partial charge in [-0.2, -0.15) is 5.10 Å². The number of methoxy groups -OCH3 is 1. The van der Waals surface area contributed by atoms with Gasteiger partial charge < -0.3 is 10.1 Å². The minimum atomic E-state index is -0.377. The number of nitrogens with zero attached hydrogens (tertiary/aromatic N) is 4. The molecule has 1 aliphatic carbocycles. The number of ether oxygens (including phenoxy) is 1. The maximum Gasteiger partial charge on any atom is 0.320 e. The second-order valence-corrected chi connectivity index (χ2v) is 8.88. The van der Waals surface area contributed by atoms with Gasteiger partial charge >= 0.3 is 6.03 Å². The molecule has 1 saturated heterocycles. The van der Waals surface area contributed by atoms with Crippen LogP contribution in [-0.2, 0) is 17.6 Å². The first kappa shape index (κ1) is 22.5. The van der Waals surface area contributed by atoms with Gasteiger partial charge in [-0.3, -0.25) is 15.2 Å². The molecule has 1 aliphatic heterocycles. The molecule has 1 aromatic carbocycles. The van der Waals surface area contributed by atoms with Crippen molar-refractivity contribution in [3.05, 3.63) is 71.4 Å². The van der Waals surface area contributed by atoms with Crippen LogP contribution in [0.25, 0.3) is 5.69 Å². The highest BCUT2D eigenvalue weighted by molar-refractivity contribution is 5.90. The van der Waals surface area contributed by atoms with Crippen molar-refractivity contribution in [2.75, 3.05) is 38.7 Å². The van der Waals surface area contributed by atoms with Crippen LogP contribution < -0.4 is 10.6 Å². The number of nitrogens with one attached hydrogen (secondary N) is 2. The van der Waals surface area contributed by atoms with E-state index in [1.165, 1.54) is 12.3 Å². The Hall–Kier alpha value is -3.30. The molecular formula is C25H29FN6O2. The zero-order chi connectivity index (χ0) is 23.5. The van der Waals surface area contributed by atoms with E-state index in [0.717, 1.165) is 54.1 Å². The van der Waals surface area contributed by atoms with Crippen molar-refractivity contribution < 1.29 is 13.9 Å². The number of hydrogen-bond acceptors (Lipinski definition) is 5. The highest BCUT2D eigenvalue weighted by Crippen LogP contribution is 2.31. The minimum Gasteiger partial charge on any atom is -0.383 e. The third-order valence-electron chi connectivity index (χ3n) is 6.62. The van der Waals surface area contributed by atoms with E-state index < -0.39 is 0 Å². The third-order valence-corrected chi connectivity index (χ3v) is 6.62. The molecule has 0 bridgehead atoms. The summed E-state index contributed by atoms with van der Waals surface area (Å²) >= 11 is 0. The van der Waals surface area contributed by atoms with Crippen LogP contribution in [0.2, 0.25) is 0 Å². The van der Waals surface area contributed by atoms with Crippen molar-refractivity contribution >= 4 is 11.8 Å². The normalized spacial score (nSPS) is 19.8. The first-order valence-electron chi connectivity index (χ1n) is 11.7. The molecule has 0 spiro atoms. The fourth-order valence-electron chi connectivity index (χ4n) is 4.99. The molecule has 2 unspecified atom stereocenters. The maximum absolute atomic E-state index is 13.9. The number of carbonyl (C=O) groups is 1. The van der Waals surface area contributed by atoms with Gasteiger partial charge in [0.05, 0.1) is 30.2 Å². The molecule has 34 heavy (non-hydrogen) atoms. The molecular weight excluding hydrogens is 435 g/mol. The first-order chi connectivity index (χ1) is 16.6. The summed E-state index contributed by atoms with van der Waals surface area (Å²) in [6.07, 6.45) is 5.72. The second-order valence-electron chi connectivity index (χ2n) is 8.88. The number of likely N-dealkylation sites (tertiary alicyclic amines) is 1. The number of pyridine rings is 1. The van der Waals surface area contributed by atoms with Crippen LogP contribution in [0.15, 0.2) is 48.8 Å². The highest BCUT2D eigenvalue weighted by Gasteiger charge is 2.35. The fraction of sp³-hybridized carbons (Fsp3) is 0.400. The van der Waals surface area contributed by atoms with Crippen LogP contribution >= 0.6 is 0 Å². The van der Waals surface area contributed by atoms with Crippen LogP contribution in [-0.4, -0.2) is 65.1 Å². The minimum absolute atomic E-state index is 0.0736. The Balaban J connectivity index is 1.36. The zero-order valence-electron chi connectivity index (χ0n) is 19.2. The van der Waals surface area contributed by atoms with E-state index in [0.29, 0.717) is 19.7 Å². The lowest BCUT2D eigenvalue weighted by atomic mass is 9.96. The van der Waals surface area contributed by atoms with Gasteiger partial charge in [-0.25, -0.2) is 13.9 Å². The van der Waals surface area contributed by atoms with Crippen molar-refractivity contribution in [1.82, 2.24) is 25.0 Å². The molecule has 9 heteroatoms. The smallest absolute Gasteiger partial charge is 0.320 e. The molecule has 2 aliphatic rings. The Morgan fingerprint density at radius 1 is 1.21 bits per heavy atom. The Morgan fingerprint density at radius 3 is 2.85 bits per heavy atom. The Kier molecular flexibility index (Phi) is 6.55. The van der Waals surface area contributed by atoms with E-state index in [1.807, 2.05) is 35.0 Å². The van der Waals surface area contributed by atoms with Crippen LogP contribution in [0.5, 0.6) is 0 Å². The molecule has 0 saturated carbocycles. The summed E-state index contributed by atoms with van der Waals surface area (Å²) in [4.78, 5) is 19.5. The zero-order valence-corrected chi connectivity index (χ0v) is 19.2. The second kappa shape index (κ2) is 9.90. The molecule has 1 fully saturated rings. The quantitative estimate of drug-likeness (QED) is 0.561. The number of aromatic nitrogens is 3. The number of aryl methyl sites for hydroxylation is 1. The summed E-state index contributed by atoms with van der Waals surface area (Å²) in [5.74, 6) is 0.267. The third kappa shape index (κ3) is 4.67. The van der Waals surface area contributed by atoms with Crippen molar-refractivity contribution in [2.45, 2.75) is 31.2 Å². The molecule has 0 radical (unpaired) electrons. The lowest BCUT2D eigenvalue weighted by Crippen LogP contribution is -2.42. The number of fused-ring (bicyclic) bond motifs is 1. The summed E-state index contributed by atoms with van der Waals surface area (Å²) in [6, 6.07) is 10.8. The molecule has 178 valence electrons. The molecule has 2 aromatic heterocycles. The number of halogens is 1. The maximum atomic E-state index is 13.9. The number of benzene rings is 1. The summed E-state index contributed by atoms with van der Waals surface area (Å²) in [7, 11) is 1.67. The number of hydrogen-bond donors (Lipinski definition) is 2. The Labute approximate surface area is 198 Å². The molecule has 5 rings (SSSR count). The summed E-state index contributed by atoms with van der Waals surface area (Å²) in [6.45, 7) is 2.67. The Bertz CT molecular complexity index is 1150. The molecule has 3 aromatic rings. The number of urea groups is 1. The molecule has 3 heterocycles. The summed E-state index contributed by atoms with van der Waals surface area (Å²) in [5.41, 5.74) is 3.82. The van der Waals surface area contributed by atoms with Crippen LogP contribution in [0.4, 0.5) is 15.0 Å². The monoisotopic (exact) mass is 464 g/mol. The predicted octanol–water partition coefficient (Wildman–Crippen LogP) is 3.13. The molecule has 8 nitrogen and oxygen atoms in total. The van der Waals surface area contributed by atoms with Crippen molar-refractivity contribution in [1.29, 1.82) is 0 Å². The van der Waals surface area contributed by atoms with Gasteiger partial charge in [-0.1, -0.05) is 18.2 Å². The van der Waals surface area contributed by atoms with Gasteiger partial charge in [0.1, 0.15) is 11.6 Å².